The molecule has 5 nitrogen and oxygen atoms in total. The fourth-order valence-corrected chi connectivity index (χ4v) is 3.25. The zero-order valence-corrected chi connectivity index (χ0v) is 18.6. The topological polar surface area (TPSA) is 77.5 Å². The summed E-state index contributed by atoms with van der Waals surface area (Å²) in [5, 5.41) is 3.54. The number of carbonyl (C=O) groups excluding carboxylic acids is 1. The number of carboxylic acid groups (broad SMARTS) is 1. The number of unbranched alkanes of at least 4 members (excludes halogenated alkanes) is 3. The van der Waals surface area contributed by atoms with Crippen molar-refractivity contribution in [1.29, 1.82) is 0 Å². The van der Waals surface area contributed by atoms with Crippen LogP contribution in [-0.2, 0) is 14.8 Å². The minimum Gasteiger partial charge on any atom is -0.549 e. The molecular formula is C12H15F9KNO4S. The maximum Gasteiger partial charge on any atom is 1.00 e. The van der Waals surface area contributed by atoms with Gasteiger partial charge >= 0.3 is 74.7 Å². The summed E-state index contributed by atoms with van der Waals surface area (Å²) < 4.78 is 139. The van der Waals surface area contributed by atoms with Crippen molar-refractivity contribution < 1.29 is 109 Å². The summed E-state index contributed by atoms with van der Waals surface area (Å²) in [5.74, 6) is -17.2. The van der Waals surface area contributed by atoms with Gasteiger partial charge in [0.25, 0.3) is 10.0 Å². The molecule has 0 saturated carbocycles. The molecule has 0 spiro atoms. The maximum atomic E-state index is 13.7. The molecule has 0 unspecified atom stereocenters. The molecule has 0 amide bonds. The molecule has 16 heteroatoms. The summed E-state index contributed by atoms with van der Waals surface area (Å²) in [7, 11) is -6.93. The van der Waals surface area contributed by atoms with Gasteiger partial charge in [0, 0.05) is 6.54 Å². The summed E-state index contributed by atoms with van der Waals surface area (Å²) in [6, 6.07) is 0. The standard InChI is InChI=1S/C12H16F9NO4S.K/c1-2-3-4-5-6-22(7-8(23)24)27(25,26)12(20,21)10(15,16)9(13,14)11(17,18)19;/h2-7H2,1H3,(H,23,24);/q;+1/p-1. The normalized spacial score (nSPS) is 14.1. The van der Waals surface area contributed by atoms with E-state index in [4.69, 9.17) is 0 Å². The number of carbonyl (C=O) groups is 1. The average Bonchev–Trinajstić information content (AvgIpc) is 2.48. The summed E-state index contributed by atoms with van der Waals surface area (Å²) in [5.41, 5.74) is 0. The second kappa shape index (κ2) is 10.6. The Bertz CT molecular complexity index is 625. The molecular weight excluding hydrogens is 464 g/mol. The number of aliphatic carboxylic acids is 1. The molecule has 0 aromatic heterocycles. The summed E-state index contributed by atoms with van der Waals surface area (Å²) >= 11 is 0. The van der Waals surface area contributed by atoms with E-state index in [9.17, 15) is 57.8 Å². The first-order valence-electron chi connectivity index (χ1n) is 7.27. The second-order valence-corrected chi connectivity index (χ2v) is 7.41. The fourth-order valence-electron chi connectivity index (χ4n) is 1.83. The Hall–Kier alpha value is 0.386. The zero-order valence-electron chi connectivity index (χ0n) is 14.6. The van der Waals surface area contributed by atoms with Gasteiger partial charge in [0.05, 0.1) is 12.5 Å². The van der Waals surface area contributed by atoms with Crippen LogP contribution >= 0.6 is 0 Å². The minimum absolute atomic E-state index is 0. The maximum absolute atomic E-state index is 13.7. The monoisotopic (exact) mass is 479 g/mol. The zero-order chi connectivity index (χ0) is 21.9. The molecule has 0 radical (unpaired) electrons. The van der Waals surface area contributed by atoms with E-state index in [1.165, 1.54) is 0 Å². The molecule has 0 N–H and O–H groups in total. The van der Waals surface area contributed by atoms with Crippen LogP contribution in [0.3, 0.4) is 0 Å². The molecule has 0 aliphatic carbocycles. The molecule has 0 aliphatic rings. The molecule has 28 heavy (non-hydrogen) atoms. The third-order valence-corrected chi connectivity index (χ3v) is 5.24. The molecule has 162 valence electrons. The number of alkyl halides is 9. The number of nitrogens with zero attached hydrogens (tertiary/aromatic N) is 1. The third kappa shape index (κ3) is 6.20. The fraction of sp³-hybridized carbons (Fsp3) is 0.917. The van der Waals surface area contributed by atoms with E-state index in [2.05, 4.69) is 0 Å². The van der Waals surface area contributed by atoms with Crippen molar-refractivity contribution in [2.45, 2.75) is 55.9 Å². The molecule has 0 aliphatic heterocycles. The van der Waals surface area contributed by atoms with Crippen LogP contribution in [-0.4, -0.2) is 55.1 Å². The predicted molar refractivity (Wildman–Crippen MR) is 70.5 cm³/mol. The van der Waals surface area contributed by atoms with Crippen LogP contribution in [0.25, 0.3) is 0 Å². The Morgan fingerprint density at radius 3 is 1.71 bits per heavy atom. The van der Waals surface area contributed by atoms with Crippen molar-refractivity contribution >= 4 is 16.0 Å². The quantitative estimate of drug-likeness (QED) is 0.225. The number of hydrogen-bond acceptors (Lipinski definition) is 4. The second-order valence-electron chi connectivity index (χ2n) is 5.43. The Morgan fingerprint density at radius 1 is 0.893 bits per heavy atom. The first kappa shape index (κ1) is 30.6. The number of rotatable bonds is 11. The van der Waals surface area contributed by atoms with E-state index in [-0.39, 0.29) is 64.2 Å². The number of hydrogen-bond donors (Lipinski definition) is 0. The Labute approximate surface area is 197 Å². The molecule has 0 bridgehead atoms. The average molecular weight is 479 g/mol. The SMILES string of the molecule is CCCCCCN(CC(=O)[O-])S(=O)(=O)C(F)(F)C(F)(F)C(F)(F)C(F)(F)F.[K+]. The van der Waals surface area contributed by atoms with Crippen LogP contribution in [0.15, 0.2) is 0 Å². The minimum atomic E-state index is -7.41. The van der Waals surface area contributed by atoms with Gasteiger partial charge in [-0.2, -0.15) is 43.8 Å². The van der Waals surface area contributed by atoms with E-state index >= 15 is 0 Å². The van der Waals surface area contributed by atoms with Gasteiger partial charge in [-0.05, 0) is 6.42 Å². The van der Waals surface area contributed by atoms with Gasteiger partial charge < -0.3 is 9.90 Å². The summed E-state index contributed by atoms with van der Waals surface area (Å²) in [6.07, 6.45) is -6.47. The van der Waals surface area contributed by atoms with Gasteiger partial charge in [-0.25, -0.2) is 8.42 Å². The van der Waals surface area contributed by atoms with Gasteiger partial charge in [0.1, 0.15) is 0 Å². The predicted octanol–water partition coefficient (Wildman–Crippen LogP) is -0.622. The Kier molecular flexibility index (Phi) is 11.6. The van der Waals surface area contributed by atoms with E-state index < -0.39 is 56.7 Å². The van der Waals surface area contributed by atoms with Crippen LogP contribution in [0.1, 0.15) is 32.6 Å². The van der Waals surface area contributed by atoms with E-state index in [1.807, 2.05) is 0 Å². The third-order valence-electron chi connectivity index (χ3n) is 3.35. The molecule has 0 atom stereocenters. The molecule has 0 saturated heterocycles. The van der Waals surface area contributed by atoms with Crippen LogP contribution in [0.5, 0.6) is 0 Å². The van der Waals surface area contributed by atoms with Crippen molar-refractivity contribution in [3.05, 3.63) is 0 Å². The van der Waals surface area contributed by atoms with Crippen molar-refractivity contribution in [3.63, 3.8) is 0 Å². The first-order valence-corrected chi connectivity index (χ1v) is 8.71. The van der Waals surface area contributed by atoms with E-state index in [0.29, 0.717) is 12.8 Å². The van der Waals surface area contributed by atoms with Gasteiger partial charge in [-0.1, -0.05) is 26.2 Å². The molecule has 0 rings (SSSR count). The number of halogens is 9. The summed E-state index contributed by atoms with van der Waals surface area (Å²) in [4.78, 5) is 10.5. The van der Waals surface area contributed by atoms with Gasteiger partial charge in [-0.3, -0.25) is 0 Å². The van der Waals surface area contributed by atoms with Crippen molar-refractivity contribution in [3.8, 4) is 0 Å². The van der Waals surface area contributed by atoms with Crippen LogP contribution in [0, 0.1) is 0 Å². The number of sulfonamides is 1. The first-order chi connectivity index (χ1) is 11.9. The molecule has 0 aromatic carbocycles. The van der Waals surface area contributed by atoms with Gasteiger partial charge in [0.15, 0.2) is 0 Å². The Morgan fingerprint density at radius 2 is 1.36 bits per heavy atom. The largest absolute Gasteiger partial charge is 1.00 e. The molecule has 0 fully saturated rings. The van der Waals surface area contributed by atoms with Crippen LogP contribution < -0.4 is 56.5 Å². The molecule has 0 aromatic rings. The van der Waals surface area contributed by atoms with Crippen molar-refractivity contribution in [2.24, 2.45) is 0 Å². The van der Waals surface area contributed by atoms with Crippen molar-refractivity contribution in [2.75, 3.05) is 13.1 Å². The van der Waals surface area contributed by atoms with Crippen LogP contribution in [0.4, 0.5) is 39.5 Å². The number of carboxylic acids is 1. The van der Waals surface area contributed by atoms with E-state index in [0.717, 1.165) is 0 Å². The van der Waals surface area contributed by atoms with Gasteiger partial charge in [-0.15, -0.1) is 0 Å². The Balaban J connectivity index is 0. The van der Waals surface area contributed by atoms with E-state index in [1.54, 1.807) is 6.92 Å². The van der Waals surface area contributed by atoms with Crippen LogP contribution in [0.2, 0.25) is 0 Å². The molecule has 0 heterocycles. The smallest absolute Gasteiger partial charge is 0.549 e. The summed E-state index contributed by atoms with van der Waals surface area (Å²) in [6.45, 7) is -1.39. The van der Waals surface area contributed by atoms with Crippen molar-refractivity contribution in [1.82, 2.24) is 4.31 Å². The van der Waals surface area contributed by atoms with Gasteiger partial charge in [0.2, 0.25) is 0 Å².